The molecule has 0 aliphatic carbocycles. The second-order valence-electron chi connectivity index (χ2n) is 5.12. The van der Waals surface area contributed by atoms with Gasteiger partial charge in [-0.25, -0.2) is 14.4 Å². The van der Waals surface area contributed by atoms with E-state index in [1.54, 1.807) is 6.07 Å². The maximum Gasteiger partial charge on any atom is 0.229 e. The first-order valence-electron chi connectivity index (χ1n) is 7.16. The van der Waals surface area contributed by atoms with E-state index in [2.05, 4.69) is 36.2 Å². The zero-order valence-corrected chi connectivity index (χ0v) is 15.9. The Balaban J connectivity index is 1.80. The maximum absolute atomic E-state index is 13.3. The van der Waals surface area contributed by atoms with Crippen LogP contribution in [0.5, 0.6) is 0 Å². The van der Waals surface area contributed by atoms with Gasteiger partial charge in [0.25, 0.3) is 0 Å². The van der Waals surface area contributed by atoms with E-state index in [0.29, 0.717) is 39.9 Å². The Morgan fingerprint density at radius 1 is 1.20 bits per heavy atom. The molecule has 0 saturated carbocycles. The van der Waals surface area contributed by atoms with Crippen LogP contribution in [0.3, 0.4) is 0 Å². The molecule has 0 amide bonds. The topological polar surface area (TPSA) is 103 Å². The lowest BCUT2D eigenvalue weighted by atomic mass is 10.2. The van der Waals surface area contributed by atoms with Crippen LogP contribution in [0.25, 0.3) is 0 Å². The SMILES string of the molecule is Nc1nc(CCc2nc(Nc3ccc(F)c(Cl)c3)nc(N)c2Br)cs1. The van der Waals surface area contributed by atoms with Gasteiger partial charge in [-0.1, -0.05) is 11.6 Å². The standard InChI is InChI=1S/C15H13BrClFN6S/c16-12-11(4-2-8-6-25-14(20)21-8)23-15(24-13(12)19)22-7-1-3-10(18)9(17)5-7/h1,3,5-6H,2,4H2,(H2,20,21)(H3,19,22,23,24). The second kappa shape index (κ2) is 7.51. The fraction of sp³-hybridized carbons (Fsp3) is 0.133. The minimum atomic E-state index is -0.494. The lowest BCUT2D eigenvalue weighted by Gasteiger charge is -2.10. The van der Waals surface area contributed by atoms with E-state index >= 15 is 0 Å². The summed E-state index contributed by atoms with van der Waals surface area (Å²) in [5.41, 5.74) is 13.8. The summed E-state index contributed by atoms with van der Waals surface area (Å²) < 4.78 is 13.9. The first-order valence-corrected chi connectivity index (χ1v) is 9.21. The van der Waals surface area contributed by atoms with E-state index in [9.17, 15) is 4.39 Å². The van der Waals surface area contributed by atoms with Crippen molar-refractivity contribution in [1.29, 1.82) is 0 Å². The van der Waals surface area contributed by atoms with Gasteiger partial charge < -0.3 is 16.8 Å². The van der Waals surface area contributed by atoms with Crippen LogP contribution in [-0.2, 0) is 12.8 Å². The molecule has 3 rings (SSSR count). The molecule has 3 aromatic rings. The Morgan fingerprint density at radius 3 is 2.68 bits per heavy atom. The Morgan fingerprint density at radius 2 is 2.00 bits per heavy atom. The van der Waals surface area contributed by atoms with Crippen LogP contribution >= 0.6 is 38.9 Å². The predicted octanol–water partition coefficient (Wildman–Crippen LogP) is 4.18. The third kappa shape index (κ3) is 4.36. The highest BCUT2D eigenvalue weighted by Gasteiger charge is 2.12. The van der Waals surface area contributed by atoms with Crippen molar-refractivity contribution in [2.45, 2.75) is 12.8 Å². The summed E-state index contributed by atoms with van der Waals surface area (Å²) in [6, 6.07) is 4.26. The Bertz CT molecular complexity index is 919. The van der Waals surface area contributed by atoms with Crippen LogP contribution in [0.15, 0.2) is 28.1 Å². The van der Waals surface area contributed by atoms with Crippen molar-refractivity contribution < 1.29 is 4.39 Å². The van der Waals surface area contributed by atoms with Crippen LogP contribution in [-0.4, -0.2) is 15.0 Å². The maximum atomic E-state index is 13.3. The van der Waals surface area contributed by atoms with Gasteiger partial charge in [-0.15, -0.1) is 11.3 Å². The number of benzene rings is 1. The number of halogens is 3. The monoisotopic (exact) mass is 442 g/mol. The van der Waals surface area contributed by atoms with E-state index in [4.69, 9.17) is 23.1 Å². The molecule has 6 nitrogen and oxygen atoms in total. The number of nitrogens with two attached hydrogens (primary N) is 2. The van der Waals surface area contributed by atoms with Gasteiger partial charge in [-0.05, 0) is 47.0 Å². The molecule has 0 atom stereocenters. The Kier molecular flexibility index (Phi) is 5.36. The van der Waals surface area contributed by atoms with Crippen LogP contribution in [0.1, 0.15) is 11.4 Å². The third-order valence-corrected chi connectivity index (χ3v) is 5.18. The lowest BCUT2D eigenvalue weighted by molar-refractivity contribution is 0.628. The van der Waals surface area contributed by atoms with Crippen molar-refractivity contribution in [3.05, 3.63) is 50.3 Å². The summed E-state index contributed by atoms with van der Waals surface area (Å²) in [6.07, 6.45) is 1.28. The third-order valence-electron chi connectivity index (χ3n) is 3.31. The smallest absolute Gasteiger partial charge is 0.229 e. The predicted molar refractivity (Wildman–Crippen MR) is 103 cm³/mol. The Hall–Kier alpha value is -1.97. The molecule has 2 heterocycles. The summed E-state index contributed by atoms with van der Waals surface area (Å²) in [4.78, 5) is 12.9. The van der Waals surface area contributed by atoms with Gasteiger partial charge in [0.05, 0.1) is 20.9 Å². The molecule has 0 saturated heterocycles. The molecule has 0 fully saturated rings. The largest absolute Gasteiger partial charge is 0.383 e. The van der Waals surface area contributed by atoms with Crippen molar-refractivity contribution in [2.75, 3.05) is 16.8 Å². The van der Waals surface area contributed by atoms with Gasteiger partial charge >= 0.3 is 0 Å². The van der Waals surface area contributed by atoms with Gasteiger partial charge in [-0.3, -0.25) is 0 Å². The van der Waals surface area contributed by atoms with Gasteiger partial charge in [0.1, 0.15) is 11.6 Å². The molecule has 0 aliphatic rings. The number of nitrogen functional groups attached to an aromatic ring is 2. The number of nitrogens with zero attached hydrogens (tertiary/aromatic N) is 3. The summed E-state index contributed by atoms with van der Waals surface area (Å²) in [7, 11) is 0. The number of anilines is 4. The zero-order chi connectivity index (χ0) is 18.0. The van der Waals surface area contributed by atoms with Crippen LogP contribution < -0.4 is 16.8 Å². The number of nitrogens with one attached hydrogen (secondary N) is 1. The number of hydrogen-bond donors (Lipinski definition) is 3. The first-order chi connectivity index (χ1) is 11.9. The van der Waals surface area contributed by atoms with E-state index in [-0.39, 0.29) is 5.02 Å². The van der Waals surface area contributed by atoms with Crippen molar-refractivity contribution in [3.8, 4) is 0 Å². The number of aromatic nitrogens is 3. The molecule has 25 heavy (non-hydrogen) atoms. The summed E-state index contributed by atoms with van der Waals surface area (Å²) in [6.45, 7) is 0. The number of aryl methyl sites for hydroxylation is 2. The number of thiazole rings is 1. The molecule has 1 aromatic carbocycles. The molecule has 0 bridgehead atoms. The highest BCUT2D eigenvalue weighted by atomic mass is 79.9. The van der Waals surface area contributed by atoms with Crippen LogP contribution in [0.2, 0.25) is 5.02 Å². The molecule has 10 heteroatoms. The minimum absolute atomic E-state index is 0.0106. The summed E-state index contributed by atoms with van der Waals surface area (Å²) in [5.74, 6) is 0.112. The van der Waals surface area contributed by atoms with Crippen molar-refractivity contribution in [3.63, 3.8) is 0 Å². The zero-order valence-electron chi connectivity index (χ0n) is 12.8. The van der Waals surface area contributed by atoms with E-state index in [1.165, 1.54) is 23.5 Å². The lowest BCUT2D eigenvalue weighted by Crippen LogP contribution is -2.06. The van der Waals surface area contributed by atoms with E-state index in [1.807, 2.05) is 5.38 Å². The van der Waals surface area contributed by atoms with E-state index < -0.39 is 5.82 Å². The molecular weight excluding hydrogens is 431 g/mol. The molecule has 130 valence electrons. The molecule has 5 N–H and O–H groups in total. The van der Waals surface area contributed by atoms with Crippen molar-refractivity contribution in [2.24, 2.45) is 0 Å². The van der Waals surface area contributed by atoms with Gasteiger partial charge in [-0.2, -0.15) is 4.98 Å². The highest BCUT2D eigenvalue weighted by molar-refractivity contribution is 9.10. The first kappa shape index (κ1) is 17.8. The fourth-order valence-electron chi connectivity index (χ4n) is 2.12. The number of rotatable bonds is 5. The molecule has 0 unspecified atom stereocenters. The van der Waals surface area contributed by atoms with Crippen molar-refractivity contribution >= 4 is 61.5 Å². The summed E-state index contributed by atoms with van der Waals surface area (Å²) >= 11 is 10.6. The molecule has 0 spiro atoms. The highest BCUT2D eigenvalue weighted by Crippen LogP contribution is 2.27. The Labute approximate surface area is 160 Å². The molecular formula is C15H13BrClFN6S. The van der Waals surface area contributed by atoms with Crippen LogP contribution in [0, 0.1) is 5.82 Å². The normalized spacial score (nSPS) is 10.8. The fourth-order valence-corrected chi connectivity index (χ4v) is 3.27. The van der Waals surface area contributed by atoms with Gasteiger partial charge in [0.15, 0.2) is 5.13 Å². The van der Waals surface area contributed by atoms with Gasteiger partial charge in [0, 0.05) is 11.1 Å². The summed E-state index contributed by atoms with van der Waals surface area (Å²) in [5, 5.41) is 5.43. The average molecular weight is 444 g/mol. The molecule has 0 radical (unpaired) electrons. The van der Waals surface area contributed by atoms with Crippen LogP contribution in [0.4, 0.5) is 27.0 Å². The second-order valence-corrected chi connectivity index (χ2v) is 7.21. The molecule has 0 aliphatic heterocycles. The quantitative estimate of drug-likeness (QED) is 0.546. The van der Waals surface area contributed by atoms with Gasteiger partial charge in [0.2, 0.25) is 5.95 Å². The minimum Gasteiger partial charge on any atom is -0.383 e. The van der Waals surface area contributed by atoms with E-state index in [0.717, 1.165) is 11.4 Å². The average Bonchev–Trinajstić information content (AvgIpc) is 2.98. The van der Waals surface area contributed by atoms with Crippen molar-refractivity contribution in [1.82, 2.24) is 15.0 Å². The number of hydrogen-bond acceptors (Lipinski definition) is 7. The molecule has 2 aromatic heterocycles.